The molecule has 0 saturated heterocycles. The van der Waals surface area contributed by atoms with E-state index in [0.29, 0.717) is 0 Å². The molecule has 1 amide bonds. The number of anilines is 1. The molecule has 0 fully saturated rings. The monoisotopic (exact) mass is 472 g/mol. The van der Waals surface area contributed by atoms with E-state index in [9.17, 15) is 26.2 Å². The number of halogens is 1. The molecule has 1 aliphatic rings. The number of hydrogen-bond acceptors (Lipinski definition) is 8. The van der Waals surface area contributed by atoms with Gasteiger partial charge in [-0.2, -0.15) is 37.2 Å². The zero-order chi connectivity index (χ0) is 22.3. The van der Waals surface area contributed by atoms with Gasteiger partial charge in [-0.15, -0.1) is 0 Å². The van der Waals surface area contributed by atoms with Crippen molar-refractivity contribution in [2.24, 2.45) is 15.3 Å². The van der Waals surface area contributed by atoms with Gasteiger partial charge in [-0.05, 0) is 43.3 Å². The summed E-state index contributed by atoms with van der Waals surface area (Å²) in [5.41, 5.74) is 0.344. The van der Waals surface area contributed by atoms with Crippen LogP contribution in [-0.2, 0) is 25.0 Å². The van der Waals surface area contributed by atoms with Crippen LogP contribution in [0.5, 0.6) is 0 Å². The van der Waals surface area contributed by atoms with Crippen LogP contribution in [0.3, 0.4) is 0 Å². The van der Waals surface area contributed by atoms with Gasteiger partial charge in [0.05, 0.1) is 27.0 Å². The van der Waals surface area contributed by atoms with E-state index in [4.69, 9.17) is 16.2 Å². The first-order chi connectivity index (χ1) is 13.9. The molecule has 0 spiro atoms. The lowest BCUT2D eigenvalue weighted by Gasteiger charge is -2.13. The molecule has 2 N–H and O–H groups in total. The summed E-state index contributed by atoms with van der Waals surface area (Å²) in [4.78, 5) is 11.7. The Labute approximate surface area is 176 Å². The summed E-state index contributed by atoms with van der Waals surface area (Å²) >= 11 is 5.73. The van der Waals surface area contributed by atoms with Crippen LogP contribution in [0.1, 0.15) is 6.92 Å². The minimum atomic E-state index is -4.58. The van der Waals surface area contributed by atoms with Gasteiger partial charge >= 0.3 is 0 Å². The molecule has 158 valence electrons. The number of nitrogens with zero attached hydrogens (tertiary/aromatic N) is 4. The highest BCUT2D eigenvalue weighted by Crippen LogP contribution is 2.28. The molecule has 1 unspecified atom stereocenters. The van der Waals surface area contributed by atoms with Gasteiger partial charge < -0.3 is 0 Å². The Morgan fingerprint density at radius 1 is 1.07 bits per heavy atom. The van der Waals surface area contributed by atoms with E-state index < -0.39 is 42.0 Å². The molecule has 0 aliphatic carbocycles. The summed E-state index contributed by atoms with van der Waals surface area (Å²) in [6, 6.07) is 7.34. The molecular formula is C16H13ClN4O7S2. The van der Waals surface area contributed by atoms with Crippen molar-refractivity contribution in [1.29, 1.82) is 0 Å². The van der Waals surface area contributed by atoms with Crippen molar-refractivity contribution in [3.63, 3.8) is 0 Å². The molecule has 1 aliphatic heterocycles. The molecule has 0 saturated carbocycles. The standard InChI is InChI=1S/C16H13ClN4O7S2/c1-9-15(19-18-10-5-6-13(17)14(7-10)30(26,27)28)16(22)21(20-9)11-3-2-4-12(8-11)29(23,24)25/h2-8,15H,1H3,(H,23,24,25)(H,26,27,28). The Hall–Kier alpha value is -2.71. The van der Waals surface area contributed by atoms with Crippen LogP contribution in [0.2, 0.25) is 5.02 Å². The van der Waals surface area contributed by atoms with Gasteiger partial charge in [-0.1, -0.05) is 17.7 Å². The lowest BCUT2D eigenvalue weighted by atomic mass is 10.2. The van der Waals surface area contributed by atoms with Crippen LogP contribution >= 0.6 is 11.6 Å². The number of rotatable bonds is 5. The van der Waals surface area contributed by atoms with Crippen LogP contribution < -0.4 is 5.01 Å². The first-order valence-electron chi connectivity index (χ1n) is 8.02. The van der Waals surface area contributed by atoms with Gasteiger partial charge in [0, 0.05) is 0 Å². The summed E-state index contributed by atoms with van der Waals surface area (Å²) in [5.74, 6) is -0.646. The summed E-state index contributed by atoms with van der Waals surface area (Å²) < 4.78 is 63.6. The predicted octanol–water partition coefficient (Wildman–Crippen LogP) is 2.71. The van der Waals surface area contributed by atoms with E-state index in [1.807, 2.05) is 0 Å². The Kier molecular flexibility index (Phi) is 5.75. The fraction of sp³-hybridized carbons (Fsp3) is 0.125. The first-order valence-corrected chi connectivity index (χ1v) is 11.3. The molecule has 1 heterocycles. The molecule has 3 rings (SSSR count). The second-order valence-electron chi connectivity index (χ2n) is 6.07. The highest BCUT2D eigenvalue weighted by molar-refractivity contribution is 7.86. The Morgan fingerprint density at radius 3 is 2.40 bits per heavy atom. The van der Waals surface area contributed by atoms with Crippen molar-refractivity contribution in [3.8, 4) is 0 Å². The van der Waals surface area contributed by atoms with Crippen molar-refractivity contribution in [1.82, 2.24) is 0 Å². The lowest BCUT2D eigenvalue weighted by Crippen LogP contribution is -2.29. The number of amides is 1. The number of carbonyl (C=O) groups excluding carboxylic acids is 1. The number of carbonyl (C=O) groups is 1. The van der Waals surface area contributed by atoms with Crippen LogP contribution in [0.25, 0.3) is 0 Å². The zero-order valence-corrected chi connectivity index (χ0v) is 17.4. The second kappa shape index (κ2) is 7.85. The molecule has 1 atom stereocenters. The number of azo groups is 1. The van der Waals surface area contributed by atoms with E-state index >= 15 is 0 Å². The van der Waals surface area contributed by atoms with Gasteiger partial charge in [-0.3, -0.25) is 13.9 Å². The maximum absolute atomic E-state index is 12.7. The Morgan fingerprint density at radius 2 is 1.77 bits per heavy atom. The van der Waals surface area contributed by atoms with Gasteiger partial charge in [0.2, 0.25) is 0 Å². The van der Waals surface area contributed by atoms with Gasteiger partial charge in [-0.25, -0.2) is 0 Å². The molecule has 0 bridgehead atoms. The van der Waals surface area contributed by atoms with Gasteiger partial charge in [0.1, 0.15) is 4.90 Å². The maximum atomic E-state index is 12.7. The third-order valence-electron chi connectivity index (χ3n) is 3.94. The fourth-order valence-corrected chi connectivity index (χ4v) is 4.04. The molecule has 0 aromatic heterocycles. The van der Waals surface area contributed by atoms with Crippen molar-refractivity contribution >= 4 is 54.8 Å². The first kappa shape index (κ1) is 22.0. The summed E-state index contributed by atoms with van der Waals surface area (Å²) in [5, 5.41) is 12.4. The van der Waals surface area contributed by atoms with E-state index in [2.05, 4.69) is 15.3 Å². The molecule has 2 aromatic rings. The fourth-order valence-electron chi connectivity index (χ4n) is 2.53. The molecule has 0 radical (unpaired) electrons. The highest BCUT2D eigenvalue weighted by atomic mass is 35.5. The highest BCUT2D eigenvalue weighted by Gasteiger charge is 2.35. The summed E-state index contributed by atoms with van der Waals surface area (Å²) in [7, 11) is -9.05. The van der Waals surface area contributed by atoms with Crippen molar-refractivity contribution in [3.05, 3.63) is 47.5 Å². The van der Waals surface area contributed by atoms with E-state index in [1.54, 1.807) is 0 Å². The largest absolute Gasteiger partial charge is 0.296 e. The van der Waals surface area contributed by atoms with Gasteiger partial charge in [0.15, 0.2) is 6.04 Å². The van der Waals surface area contributed by atoms with Crippen molar-refractivity contribution < 1.29 is 30.7 Å². The van der Waals surface area contributed by atoms with Gasteiger partial charge in [0.25, 0.3) is 26.1 Å². The number of hydrogen-bond donors (Lipinski definition) is 2. The minimum absolute atomic E-state index is 0.0134. The smallest absolute Gasteiger partial charge is 0.282 e. The third kappa shape index (κ3) is 4.55. The molecule has 30 heavy (non-hydrogen) atoms. The minimum Gasteiger partial charge on any atom is -0.282 e. The third-order valence-corrected chi connectivity index (χ3v) is 6.12. The van der Waals surface area contributed by atoms with Crippen LogP contribution in [-0.4, -0.2) is 43.6 Å². The van der Waals surface area contributed by atoms with E-state index in [0.717, 1.165) is 23.2 Å². The summed E-state index contributed by atoms with van der Waals surface area (Å²) in [6.45, 7) is 1.50. The average molecular weight is 473 g/mol. The second-order valence-corrected chi connectivity index (χ2v) is 9.29. The zero-order valence-electron chi connectivity index (χ0n) is 15.0. The average Bonchev–Trinajstić information content (AvgIpc) is 2.93. The Balaban J connectivity index is 1.89. The predicted molar refractivity (Wildman–Crippen MR) is 106 cm³/mol. The number of benzene rings is 2. The lowest BCUT2D eigenvalue weighted by molar-refractivity contribution is -0.117. The maximum Gasteiger partial charge on any atom is 0.296 e. The van der Waals surface area contributed by atoms with E-state index in [1.165, 1.54) is 31.2 Å². The quantitative estimate of drug-likeness (QED) is 0.498. The molecular weight excluding hydrogens is 460 g/mol. The Bertz CT molecular complexity index is 1310. The SMILES string of the molecule is CC1=NN(c2cccc(S(=O)(=O)O)c2)C(=O)C1N=Nc1ccc(Cl)c(S(=O)(=O)O)c1. The van der Waals surface area contributed by atoms with Crippen molar-refractivity contribution in [2.45, 2.75) is 22.8 Å². The molecule has 11 nitrogen and oxygen atoms in total. The molecule has 2 aromatic carbocycles. The number of hydrazone groups is 1. The van der Waals surface area contributed by atoms with Crippen LogP contribution in [0.4, 0.5) is 11.4 Å². The van der Waals surface area contributed by atoms with Crippen LogP contribution in [0.15, 0.2) is 67.6 Å². The normalized spacial score (nSPS) is 17.6. The topological polar surface area (TPSA) is 166 Å². The summed E-state index contributed by atoms with van der Waals surface area (Å²) in [6.07, 6.45) is 0. The van der Waals surface area contributed by atoms with Crippen LogP contribution in [0, 0.1) is 0 Å². The van der Waals surface area contributed by atoms with Crippen molar-refractivity contribution in [2.75, 3.05) is 5.01 Å². The molecule has 14 heteroatoms. The van der Waals surface area contributed by atoms with E-state index in [-0.39, 0.29) is 22.1 Å².